The molecule has 2 saturated heterocycles. The van der Waals surface area contributed by atoms with Gasteiger partial charge in [0.1, 0.15) is 6.10 Å². The summed E-state index contributed by atoms with van der Waals surface area (Å²) in [6, 6.07) is 1.62. The summed E-state index contributed by atoms with van der Waals surface area (Å²) in [5.41, 5.74) is 5.84. The summed E-state index contributed by atoms with van der Waals surface area (Å²) in [6.07, 6.45) is 2.21. The number of ether oxygens (including phenoxy) is 3. The number of nitrogen functional groups attached to an aromatic ring is 1. The minimum atomic E-state index is -0.392. The van der Waals surface area contributed by atoms with E-state index >= 15 is 0 Å². The van der Waals surface area contributed by atoms with Gasteiger partial charge in [-0.05, 0) is 0 Å². The second-order valence-corrected chi connectivity index (χ2v) is 7.28. The van der Waals surface area contributed by atoms with E-state index in [0.29, 0.717) is 69.8 Å². The zero-order valence-electron chi connectivity index (χ0n) is 17.2. The number of nitrogens with zero attached hydrogens (tertiary/aromatic N) is 5. The lowest BCUT2D eigenvalue weighted by atomic mass is 10.1. The maximum absolute atomic E-state index is 12.4. The summed E-state index contributed by atoms with van der Waals surface area (Å²) in [4.78, 5) is 43.3. The van der Waals surface area contributed by atoms with Gasteiger partial charge in [-0.1, -0.05) is 0 Å². The average molecular weight is 431 g/mol. The van der Waals surface area contributed by atoms with Gasteiger partial charge in [0.25, 0.3) is 5.56 Å². The average Bonchev–Trinajstić information content (AvgIpc) is 2.79. The van der Waals surface area contributed by atoms with E-state index in [2.05, 4.69) is 19.9 Å². The Balaban J connectivity index is 1.59. The molecule has 4 heterocycles. The van der Waals surface area contributed by atoms with Crippen molar-refractivity contribution in [3.8, 4) is 17.1 Å². The Hall–Kier alpha value is -3.41. The Labute approximate surface area is 178 Å². The molecule has 2 aromatic heterocycles. The Kier molecular flexibility index (Phi) is 6.16. The van der Waals surface area contributed by atoms with Gasteiger partial charge < -0.3 is 29.7 Å². The number of morpholine rings is 1. The van der Waals surface area contributed by atoms with E-state index in [1.165, 1.54) is 13.3 Å². The third-order valence-electron chi connectivity index (χ3n) is 5.24. The largest absolute Gasteiger partial charge is 0.474 e. The molecule has 2 aromatic rings. The number of anilines is 2. The molecule has 0 atom stereocenters. The van der Waals surface area contributed by atoms with Crippen molar-refractivity contribution in [2.75, 3.05) is 57.1 Å². The molecule has 0 unspecified atom stereocenters. The van der Waals surface area contributed by atoms with Gasteiger partial charge in [-0.15, -0.1) is 0 Å². The molecule has 2 aliphatic rings. The SMILES string of the molecule is COC(=O)N1CCC(Oc2cc(-c3cnc(N)[nH]c3=O)nc(N3CCOCC3)n2)CC1. The summed E-state index contributed by atoms with van der Waals surface area (Å²) < 4.78 is 16.3. The van der Waals surface area contributed by atoms with Crippen molar-refractivity contribution in [1.82, 2.24) is 24.8 Å². The number of methoxy groups -OCH3 is 1. The Morgan fingerprint density at radius 3 is 2.65 bits per heavy atom. The van der Waals surface area contributed by atoms with Crippen LogP contribution in [0.3, 0.4) is 0 Å². The van der Waals surface area contributed by atoms with Crippen LogP contribution in [-0.4, -0.2) is 83.5 Å². The van der Waals surface area contributed by atoms with Gasteiger partial charge in [-0.25, -0.2) is 14.8 Å². The van der Waals surface area contributed by atoms with Crippen LogP contribution in [0.15, 0.2) is 17.1 Å². The van der Waals surface area contributed by atoms with Crippen LogP contribution in [-0.2, 0) is 9.47 Å². The van der Waals surface area contributed by atoms with Crippen LogP contribution in [0.5, 0.6) is 5.88 Å². The number of carbonyl (C=O) groups excluding carboxylic acids is 1. The van der Waals surface area contributed by atoms with Crippen molar-refractivity contribution in [2.24, 2.45) is 0 Å². The first kappa shape index (κ1) is 20.8. The number of piperidine rings is 1. The van der Waals surface area contributed by atoms with Crippen molar-refractivity contribution < 1.29 is 19.0 Å². The zero-order valence-corrected chi connectivity index (χ0v) is 17.2. The Bertz CT molecular complexity index is 984. The maximum Gasteiger partial charge on any atom is 0.409 e. The number of aromatic nitrogens is 4. The molecular formula is C19H25N7O5. The molecule has 1 amide bonds. The standard InChI is InChI=1S/C19H25N7O5/c1-29-19(28)26-4-2-12(3-5-26)31-15-10-14(13-11-21-17(20)24-16(13)27)22-18(23-15)25-6-8-30-9-7-25/h10-12H,2-9H2,1H3,(H3,20,21,24,27). The fraction of sp³-hybridized carbons (Fsp3) is 0.526. The fourth-order valence-electron chi connectivity index (χ4n) is 3.56. The normalized spacial score (nSPS) is 17.5. The molecule has 4 rings (SSSR count). The number of hydrogen-bond acceptors (Lipinski definition) is 10. The van der Waals surface area contributed by atoms with Gasteiger partial charge in [0.05, 0.1) is 31.6 Å². The Morgan fingerprint density at radius 1 is 1.23 bits per heavy atom. The van der Waals surface area contributed by atoms with E-state index in [9.17, 15) is 9.59 Å². The van der Waals surface area contributed by atoms with Crippen molar-refractivity contribution in [2.45, 2.75) is 18.9 Å². The number of nitrogens with one attached hydrogen (secondary N) is 1. The third-order valence-corrected chi connectivity index (χ3v) is 5.24. The lowest BCUT2D eigenvalue weighted by Crippen LogP contribution is -2.41. The molecule has 2 fully saturated rings. The summed E-state index contributed by atoms with van der Waals surface area (Å²) >= 11 is 0. The number of H-pyrrole nitrogens is 1. The fourth-order valence-corrected chi connectivity index (χ4v) is 3.56. The Morgan fingerprint density at radius 2 is 1.97 bits per heavy atom. The van der Waals surface area contributed by atoms with Crippen molar-refractivity contribution in [1.29, 1.82) is 0 Å². The van der Waals surface area contributed by atoms with Crippen LogP contribution in [0.2, 0.25) is 0 Å². The highest BCUT2D eigenvalue weighted by Crippen LogP contribution is 2.25. The molecule has 0 saturated carbocycles. The first-order chi connectivity index (χ1) is 15.0. The molecule has 0 spiro atoms. The van der Waals surface area contributed by atoms with E-state index in [1.807, 2.05) is 4.90 Å². The third kappa shape index (κ3) is 4.85. The highest BCUT2D eigenvalue weighted by Gasteiger charge is 2.26. The highest BCUT2D eigenvalue weighted by atomic mass is 16.5. The van der Waals surface area contributed by atoms with E-state index in [-0.39, 0.29) is 23.7 Å². The van der Waals surface area contributed by atoms with Gasteiger partial charge in [0.15, 0.2) is 5.95 Å². The predicted molar refractivity (Wildman–Crippen MR) is 111 cm³/mol. The number of likely N-dealkylation sites (tertiary alicyclic amines) is 1. The summed E-state index contributed by atoms with van der Waals surface area (Å²) in [7, 11) is 1.37. The van der Waals surface area contributed by atoms with Crippen LogP contribution in [0.25, 0.3) is 11.3 Å². The van der Waals surface area contributed by atoms with E-state index in [4.69, 9.17) is 19.9 Å². The van der Waals surface area contributed by atoms with Crippen LogP contribution in [0.1, 0.15) is 12.8 Å². The van der Waals surface area contributed by atoms with E-state index < -0.39 is 5.56 Å². The highest BCUT2D eigenvalue weighted by molar-refractivity contribution is 5.67. The quantitative estimate of drug-likeness (QED) is 0.690. The lowest BCUT2D eigenvalue weighted by molar-refractivity contribution is 0.0771. The van der Waals surface area contributed by atoms with Gasteiger partial charge in [0, 0.05) is 51.3 Å². The minimum Gasteiger partial charge on any atom is -0.474 e. The summed E-state index contributed by atoms with van der Waals surface area (Å²) in [5, 5.41) is 0. The number of carbonyl (C=O) groups is 1. The number of nitrogens with two attached hydrogens (primary N) is 1. The van der Waals surface area contributed by atoms with Crippen LogP contribution in [0, 0.1) is 0 Å². The summed E-state index contributed by atoms with van der Waals surface area (Å²) in [6.45, 7) is 3.48. The minimum absolute atomic E-state index is 0.0325. The smallest absolute Gasteiger partial charge is 0.409 e. The van der Waals surface area contributed by atoms with Gasteiger partial charge in [-0.3, -0.25) is 9.78 Å². The second-order valence-electron chi connectivity index (χ2n) is 7.28. The molecule has 12 nitrogen and oxygen atoms in total. The van der Waals surface area contributed by atoms with Crippen LogP contribution in [0.4, 0.5) is 16.7 Å². The molecule has 0 bridgehead atoms. The first-order valence-electron chi connectivity index (χ1n) is 10.1. The van der Waals surface area contributed by atoms with Crippen molar-refractivity contribution in [3.63, 3.8) is 0 Å². The van der Waals surface area contributed by atoms with Crippen LogP contribution < -0.4 is 20.9 Å². The molecular weight excluding hydrogens is 406 g/mol. The van der Waals surface area contributed by atoms with Crippen molar-refractivity contribution in [3.05, 3.63) is 22.6 Å². The molecule has 0 aromatic carbocycles. The molecule has 2 aliphatic heterocycles. The molecule has 12 heteroatoms. The zero-order chi connectivity index (χ0) is 21.8. The second kappa shape index (κ2) is 9.16. The molecule has 166 valence electrons. The lowest BCUT2D eigenvalue weighted by Gasteiger charge is -2.31. The molecule has 0 radical (unpaired) electrons. The molecule has 31 heavy (non-hydrogen) atoms. The van der Waals surface area contributed by atoms with E-state index in [0.717, 1.165) is 0 Å². The first-order valence-corrected chi connectivity index (χ1v) is 10.1. The van der Waals surface area contributed by atoms with Gasteiger partial charge in [-0.2, -0.15) is 4.98 Å². The predicted octanol–water partition coefficient (Wildman–Crippen LogP) is 0.255. The van der Waals surface area contributed by atoms with Gasteiger partial charge >= 0.3 is 6.09 Å². The topological polar surface area (TPSA) is 149 Å². The maximum atomic E-state index is 12.4. The monoisotopic (exact) mass is 431 g/mol. The molecule has 0 aliphatic carbocycles. The van der Waals surface area contributed by atoms with Gasteiger partial charge in [0.2, 0.25) is 11.8 Å². The number of amides is 1. The summed E-state index contributed by atoms with van der Waals surface area (Å²) in [5.74, 6) is 0.850. The number of aromatic amines is 1. The number of rotatable bonds is 4. The van der Waals surface area contributed by atoms with Crippen LogP contribution >= 0.6 is 0 Å². The number of hydrogen-bond donors (Lipinski definition) is 2. The molecule has 3 N–H and O–H groups in total. The van der Waals surface area contributed by atoms with Crippen molar-refractivity contribution >= 4 is 18.0 Å². The van der Waals surface area contributed by atoms with E-state index in [1.54, 1.807) is 11.0 Å².